The van der Waals surface area contributed by atoms with Crippen molar-refractivity contribution in [3.8, 4) is 5.75 Å². The molecule has 0 atom stereocenters. The first kappa shape index (κ1) is 20.9. The molecule has 1 aliphatic carbocycles. The van der Waals surface area contributed by atoms with Crippen molar-refractivity contribution in [3.05, 3.63) is 60.2 Å². The van der Waals surface area contributed by atoms with Crippen molar-refractivity contribution in [1.29, 1.82) is 0 Å². The van der Waals surface area contributed by atoms with Gasteiger partial charge in [0.05, 0.1) is 11.8 Å². The van der Waals surface area contributed by atoms with Crippen molar-refractivity contribution >= 4 is 17.5 Å². The number of hydrogen-bond acceptors (Lipinski definition) is 3. The van der Waals surface area contributed by atoms with Crippen LogP contribution < -0.4 is 15.4 Å². The summed E-state index contributed by atoms with van der Waals surface area (Å²) >= 11 is 0. The number of carbonyl (C=O) groups is 2. The SMILES string of the molecule is CC(C)Oc1ccccc1NC(=O)C1CCC(C(=O)NCc2ccccc2)CC1. The predicted molar refractivity (Wildman–Crippen MR) is 115 cm³/mol. The molecular weight excluding hydrogens is 364 g/mol. The number of amides is 2. The Kier molecular flexibility index (Phi) is 7.28. The lowest BCUT2D eigenvalue weighted by Crippen LogP contribution is -2.35. The Bertz CT molecular complexity index is 812. The van der Waals surface area contributed by atoms with Gasteiger partial charge < -0.3 is 15.4 Å². The van der Waals surface area contributed by atoms with E-state index < -0.39 is 0 Å². The van der Waals surface area contributed by atoms with Gasteiger partial charge in [0, 0.05) is 18.4 Å². The average molecular weight is 395 g/mol. The van der Waals surface area contributed by atoms with Gasteiger partial charge in [-0.25, -0.2) is 0 Å². The number of nitrogens with one attached hydrogen (secondary N) is 2. The molecule has 2 amide bonds. The molecule has 3 rings (SSSR count). The quantitative estimate of drug-likeness (QED) is 0.725. The van der Waals surface area contributed by atoms with Crippen LogP contribution in [0.3, 0.4) is 0 Å². The van der Waals surface area contributed by atoms with Crippen LogP contribution in [0, 0.1) is 11.8 Å². The largest absolute Gasteiger partial charge is 0.489 e. The Balaban J connectivity index is 1.48. The van der Waals surface area contributed by atoms with E-state index in [1.165, 1.54) is 0 Å². The lowest BCUT2D eigenvalue weighted by molar-refractivity contribution is -0.128. The van der Waals surface area contributed by atoms with Crippen LogP contribution in [0.5, 0.6) is 5.75 Å². The molecule has 0 spiro atoms. The van der Waals surface area contributed by atoms with Gasteiger partial charge in [-0.2, -0.15) is 0 Å². The minimum absolute atomic E-state index is 0.00736. The van der Waals surface area contributed by atoms with Gasteiger partial charge >= 0.3 is 0 Å². The smallest absolute Gasteiger partial charge is 0.227 e. The van der Waals surface area contributed by atoms with E-state index in [0.717, 1.165) is 31.2 Å². The fourth-order valence-electron chi connectivity index (χ4n) is 3.71. The molecule has 29 heavy (non-hydrogen) atoms. The molecule has 2 aromatic carbocycles. The minimum Gasteiger partial charge on any atom is -0.489 e. The Morgan fingerprint density at radius 1 is 0.897 bits per heavy atom. The van der Waals surface area contributed by atoms with Crippen LogP contribution in [-0.4, -0.2) is 17.9 Å². The zero-order valence-corrected chi connectivity index (χ0v) is 17.2. The number of para-hydroxylation sites is 2. The van der Waals surface area contributed by atoms with E-state index in [2.05, 4.69) is 10.6 Å². The number of hydrogen-bond donors (Lipinski definition) is 2. The molecule has 0 heterocycles. The first-order valence-electron chi connectivity index (χ1n) is 10.4. The number of ether oxygens (including phenoxy) is 1. The van der Waals surface area contributed by atoms with Crippen molar-refractivity contribution in [2.45, 2.75) is 52.2 Å². The first-order chi connectivity index (χ1) is 14.0. The van der Waals surface area contributed by atoms with Crippen molar-refractivity contribution < 1.29 is 14.3 Å². The molecule has 5 nitrogen and oxygen atoms in total. The zero-order valence-electron chi connectivity index (χ0n) is 17.2. The summed E-state index contributed by atoms with van der Waals surface area (Å²) in [5.74, 6) is 0.695. The van der Waals surface area contributed by atoms with Gasteiger partial charge in [0.15, 0.2) is 0 Å². The molecule has 154 valence electrons. The third kappa shape index (κ3) is 6.08. The topological polar surface area (TPSA) is 67.4 Å². The van der Waals surface area contributed by atoms with E-state index in [9.17, 15) is 9.59 Å². The molecule has 0 bridgehead atoms. The maximum absolute atomic E-state index is 12.7. The van der Waals surface area contributed by atoms with Crippen LogP contribution in [0.1, 0.15) is 45.1 Å². The highest BCUT2D eigenvalue weighted by Crippen LogP contribution is 2.31. The van der Waals surface area contributed by atoms with E-state index >= 15 is 0 Å². The summed E-state index contributed by atoms with van der Waals surface area (Å²) in [6.45, 7) is 4.47. The number of carbonyl (C=O) groups excluding carboxylic acids is 2. The Morgan fingerprint density at radius 2 is 1.48 bits per heavy atom. The Labute approximate surface area is 172 Å². The third-order valence-corrected chi connectivity index (χ3v) is 5.29. The normalized spacial score (nSPS) is 18.9. The van der Waals surface area contributed by atoms with Crippen molar-refractivity contribution in [2.75, 3.05) is 5.32 Å². The van der Waals surface area contributed by atoms with E-state index in [1.54, 1.807) is 0 Å². The molecule has 1 saturated carbocycles. The van der Waals surface area contributed by atoms with Crippen LogP contribution >= 0.6 is 0 Å². The van der Waals surface area contributed by atoms with Gasteiger partial charge in [-0.15, -0.1) is 0 Å². The first-order valence-corrected chi connectivity index (χ1v) is 10.4. The molecular formula is C24H30N2O3. The number of benzene rings is 2. The standard InChI is InChI=1S/C24H30N2O3/c1-17(2)29-22-11-7-6-10-21(22)26-24(28)20-14-12-19(13-15-20)23(27)25-16-18-8-4-3-5-9-18/h3-11,17,19-20H,12-16H2,1-2H3,(H,25,27)(H,26,28). The summed E-state index contributed by atoms with van der Waals surface area (Å²) in [6.07, 6.45) is 2.97. The maximum atomic E-state index is 12.7. The summed E-state index contributed by atoms with van der Waals surface area (Å²) < 4.78 is 5.78. The Morgan fingerprint density at radius 3 is 2.14 bits per heavy atom. The second kappa shape index (κ2) is 10.1. The van der Waals surface area contributed by atoms with Gasteiger partial charge in [0.1, 0.15) is 5.75 Å². The van der Waals surface area contributed by atoms with Crippen LogP contribution in [0.4, 0.5) is 5.69 Å². The van der Waals surface area contributed by atoms with Crippen molar-refractivity contribution in [2.24, 2.45) is 11.8 Å². The summed E-state index contributed by atoms with van der Waals surface area (Å²) in [6, 6.07) is 17.4. The van der Waals surface area contributed by atoms with E-state index in [4.69, 9.17) is 4.74 Å². The fraction of sp³-hybridized carbons (Fsp3) is 0.417. The highest BCUT2D eigenvalue weighted by molar-refractivity contribution is 5.94. The van der Waals surface area contributed by atoms with Crippen molar-refractivity contribution in [1.82, 2.24) is 5.32 Å². The number of rotatable bonds is 7. The van der Waals surface area contributed by atoms with E-state index in [0.29, 0.717) is 18.0 Å². The molecule has 2 N–H and O–H groups in total. The van der Waals surface area contributed by atoms with Crippen LogP contribution in [0.15, 0.2) is 54.6 Å². The van der Waals surface area contributed by atoms with Crippen LogP contribution in [0.2, 0.25) is 0 Å². The van der Waals surface area contributed by atoms with E-state index in [1.807, 2.05) is 68.4 Å². The molecule has 0 radical (unpaired) electrons. The lowest BCUT2D eigenvalue weighted by atomic mass is 9.81. The van der Waals surface area contributed by atoms with Gasteiger partial charge in [-0.3, -0.25) is 9.59 Å². The van der Waals surface area contributed by atoms with Crippen molar-refractivity contribution in [3.63, 3.8) is 0 Å². The monoisotopic (exact) mass is 394 g/mol. The highest BCUT2D eigenvalue weighted by atomic mass is 16.5. The Hall–Kier alpha value is -2.82. The van der Waals surface area contributed by atoms with Crippen LogP contribution in [0.25, 0.3) is 0 Å². The summed E-state index contributed by atoms with van der Waals surface area (Å²) in [5.41, 5.74) is 1.80. The minimum atomic E-state index is -0.0692. The fourth-order valence-corrected chi connectivity index (χ4v) is 3.71. The zero-order chi connectivity index (χ0) is 20.6. The number of anilines is 1. The maximum Gasteiger partial charge on any atom is 0.227 e. The molecule has 0 aromatic heterocycles. The second-order valence-corrected chi connectivity index (χ2v) is 7.90. The third-order valence-electron chi connectivity index (χ3n) is 5.29. The summed E-state index contributed by atoms with van der Waals surface area (Å²) in [5, 5.41) is 6.03. The molecule has 1 fully saturated rings. The molecule has 2 aromatic rings. The second-order valence-electron chi connectivity index (χ2n) is 7.90. The molecule has 0 unspecified atom stereocenters. The van der Waals surface area contributed by atoms with Crippen LogP contribution in [-0.2, 0) is 16.1 Å². The van der Waals surface area contributed by atoms with Gasteiger partial charge in [0.25, 0.3) is 0 Å². The molecule has 5 heteroatoms. The van der Waals surface area contributed by atoms with Gasteiger partial charge in [-0.1, -0.05) is 42.5 Å². The van der Waals surface area contributed by atoms with Gasteiger partial charge in [0.2, 0.25) is 11.8 Å². The average Bonchev–Trinajstić information content (AvgIpc) is 2.74. The summed E-state index contributed by atoms with van der Waals surface area (Å²) in [7, 11) is 0. The van der Waals surface area contributed by atoms with Gasteiger partial charge in [-0.05, 0) is 57.2 Å². The summed E-state index contributed by atoms with van der Waals surface area (Å²) in [4.78, 5) is 25.2. The van der Waals surface area contributed by atoms with E-state index in [-0.39, 0.29) is 29.8 Å². The highest BCUT2D eigenvalue weighted by Gasteiger charge is 2.30. The predicted octanol–water partition coefficient (Wildman–Crippen LogP) is 4.54. The molecule has 1 aliphatic rings. The molecule has 0 saturated heterocycles. The lowest BCUT2D eigenvalue weighted by Gasteiger charge is -2.27. The molecule has 0 aliphatic heterocycles.